The Kier molecular flexibility index (Phi) is 9.40. The summed E-state index contributed by atoms with van der Waals surface area (Å²) in [6, 6.07) is 10.4. The van der Waals surface area contributed by atoms with Gasteiger partial charge in [-0.2, -0.15) is 0 Å². The Hall–Kier alpha value is -0.481. The molecule has 1 aromatic carbocycles. The Balaban J connectivity index is 1.97. The number of rotatable bonds is 13. The van der Waals surface area contributed by atoms with Crippen molar-refractivity contribution in [2.75, 3.05) is 4.62 Å². The van der Waals surface area contributed by atoms with E-state index in [4.69, 9.17) is 9.15 Å². The van der Waals surface area contributed by atoms with Crippen LogP contribution in [0.4, 0.5) is 0 Å². The minimum atomic E-state index is -2.17. The number of ether oxygens (including phenoxy) is 1. The van der Waals surface area contributed by atoms with Gasteiger partial charge in [-0.15, -0.1) is 0 Å². The van der Waals surface area contributed by atoms with E-state index in [1.165, 1.54) is 57.2 Å². The molecule has 0 bridgehead atoms. The van der Waals surface area contributed by atoms with E-state index in [9.17, 15) is 0 Å². The first-order valence-electron chi connectivity index (χ1n) is 10.3. The second kappa shape index (κ2) is 11.3. The number of unbranched alkanes of at least 4 members (excludes halogenated alkanes) is 3. The average Bonchev–Trinajstić information content (AvgIpc) is 3.05. The SMILES string of the molecule is CCC[CH2][Sn]([CH2]CCC)([CH2]CCC)[CH2]OCc1cc2ccccc2o1. The van der Waals surface area contributed by atoms with E-state index in [2.05, 4.69) is 39.0 Å². The van der Waals surface area contributed by atoms with Gasteiger partial charge in [0.05, 0.1) is 0 Å². The fourth-order valence-electron chi connectivity index (χ4n) is 3.72. The summed E-state index contributed by atoms with van der Waals surface area (Å²) in [5.74, 6) is 0.975. The molecule has 0 saturated heterocycles. The van der Waals surface area contributed by atoms with Crippen LogP contribution in [-0.4, -0.2) is 23.0 Å². The van der Waals surface area contributed by atoms with Crippen LogP contribution < -0.4 is 0 Å². The van der Waals surface area contributed by atoms with Crippen molar-refractivity contribution in [3.63, 3.8) is 0 Å². The Bertz CT molecular complexity index is 550. The molecule has 0 unspecified atom stereocenters. The molecule has 0 fully saturated rings. The van der Waals surface area contributed by atoms with Crippen LogP contribution in [0.2, 0.25) is 13.3 Å². The van der Waals surface area contributed by atoms with E-state index < -0.39 is 18.4 Å². The van der Waals surface area contributed by atoms with E-state index >= 15 is 0 Å². The fraction of sp³-hybridized carbons (Fsp3) is 0.636. The third-order valence-corrected chi connectivity index (χ3v) is 19.8. The molecule has 2 aromatic rings. The molecular weight excluding hydrogens is 415 g/mol. The van der Waals surface area contributed by atoms with Gasteiger partial charge in [0.25, 0.3) is 0 Å². The maximum atomic E-state index is 6.31. The van der Waals surface area contributed by atoms with Gasteiger partial charge in [0.2, 0.25) is 0 Å². The van der Waals surface area contributed by atoms with Gasteiger partial charge in [-0.25, -0.2) is 0 Å². The number of hydrogen-bond acceptors (Lipinski definition) is 2. The predicted octanol–water partition coefficient (Wildman–Crippen LogP) is 7.34. The van der Waals surface area contributed by atoms with Gasteiger partial charge in [-0.05, 0) is 0 Å². The van der Waals surface area contributed by atoms with E-state index in [0.717, 1.165) is 16.0 Å². The number of para-hydroxylation sites is 1. The minimum absolute atomic E-state index is 0.637. The molecule has 0 N–H and O–H groups in total. The van der Waals surface area contributed by atoms with Crippen molar-refractivity contribution < 1.29 is 9.15 Å². The van der Waals surface area contributed by atoms with Crippen LogP contribution in [0.5, 0.6) is 0 Å². The molecule has 0 saturated carbocycles. The summed E-state index contributed by atoms with van der Waals surface area (Å²) in [6.07, 6.45) is 8.16. The molecule has 0 radical (unpaired) electrons. The Morgan fingerprint density at radius 2 is 1.48 bits per heavy atom. The van der Waals surface area contributed by atoms with Crippen LogP contribution in [0, 0.1) is 0 Å². The predicted molar refractivity (Wildman–Crippen MR) is 111 cm³/mol. The van der Waals surface area contributed by atoms with Crippen molar-refractivity contribution in [1.82, 2.24) is 0 Å². The van der Waals surface area contributed by atoms with E-state index in [0.29, 0.717) is 6.61 Å². The van der Waals surface area contributed by atoms with Crippen molar-refractivity contribution >= 4 is 29.3 Å². The fourth-order valence-corrected chi connectivity index (χ4v) is 18.1. The van der Waals surface area contributed by atoms with Gasteiger partial charge < -0.3 is 0 Å². The molecule has 25 heavy (non-hydrogen) atoms. The Morgan fingerprint density at radius 3 is 2.04 bits per heavy atom. The van der Waals surface area contributed by atoms with Crippen molar-refractivity contribution in [1.29, 1.82) is 0 Å². The van der Waals surface area contributed by atoms with E-state index in [-0.39, 0.29) is 0 Å². The van der Waals surface area contributed by atoms with Crippen LogP contribution in [0.25, 0.3) is 11.0 Å². The first-order valence-corrected chi connectivity index (χ1v) is 18.4. The van der Waals surface area contributed by atoms with Crippen LogP contribution in [0.1, 0.15) is 65.1 Å². The zero-order valence-corrected chi connectivity index (χ0v) is 19.3. The van der Waals surface area contributed by atoms with Gasteiger partial charge in [-0.3, -0.25) is 0 Å². The van der Waals surface area contributed by atoms with Crippen molar-refractivity contribution in [2.45, 2.75) is 79.2 Å². The zero-order chi connectivity index (χ0) is 18.0. The molecule has 3 heteroatoms. The van der Waals surface area contributed by atoms with Gasteiger partial charge in [0, 0.05) is 0 Å². The van der Waals surface area contributed by atoms with Crippen molar-refractivity contribution in [3.8, 4) is 0 Å². The molecule has 1 heterocycles. The molecule has 0 spiro atoms. The monoisotopic (exact) mass is 452 g/mol. The first-order chi connectivity index (χ1) is 12.2. The van der Waals surface area contributed by atoms with Gasteiger partial charge in [0.15, 0.2) is 0 Å². The van der Waals surface area contributed by atoms with Gasteiger partial charge >= 0.3 is 158 Å². The second-order valence-electron chi connectivity index (χ2n) is 7.55. The average molecular weight is 451 g/mol. The normalized spacial score (nSPS) is 12.1. The molecule has 140 valence electrons. The summed E-state index contributed by atoms with van der Waals surface area (Å²) < 4.78 is 17.8. The number of furan rings is 1. The molecule has 0 aliphatic heterocycles. The topological polar surface area (TPSA) is 22.4 Å². The quantitative estimate of drug-likeness (QED) is 0.298. The Labute approximate surface area is 158 Å². The van der Waals surface area contributed by atoms with E-state index in [1.54, 1.807) is 0 Å². The van der Waals surface area contributed by atoms with Crippen LogP contribution in [0.3, 0.4) is 0 Å². The molecular formula is C22H36O2Sn. The van der Waals surface area contributed by atoms with Gasteiger partial charge in [-0.1, -0.05) is 0 Å². The van der Waals surface area contributed by atoms with Crippen LogP contribution >= 0.6 is 0 Å². The van der Waals surface area contributed by atoms with Crippen molar-refractivity contribution in [3.05, 3.63) is 36.1 Å². The molecule has 2 rings (SSSR count). The summed E-state index contributed by atoms with van der Waals surface area (Å²) >= 11 is -2.17. The molecule has 0 aliphatic rings. The standard InChI is InChI=1S/C10H9O2.3C4H9.Sn/c1-11-7-9-6-8-4-2-3-5-10(8)12-9;3*1-3-4-2;/h2-6H,1,7H2;3*1,3-4H2,2H3;. The summed E-state index contributed by atoms with van der Waals surface area (Å²) in [6.45, 7) is 7.61. The molecule has 0 atom stereocenters. The van der Waals surface area contributed by atoms with Gasteiger partial charge in [0.1, 0.15) is 0 Å². The first kappa shape index (κ1) is 20.8. The second-order valence-corrected chi connectivity index (χ2v) is 21.2. The summed E-state index contributed by atoms with van der Waals surface area (Å²) in [5.41, 5.74) is 0.971. The molecule has 0 aliphatic carbocycles. The maximum absolute atomic E-state index is 6.31. The molecule has 1 aromatic heterocycles. The van der Waals surface area contributed by atoms with Crippen LogP contribution in [-0.2, 0) is 11.3 Å². The van der Waals surface area contributed by atoms with Crippen LogP contribution in [0.15, 0.2) is 34.7 Å². The van der Waals surface area contributed by atoms with E-state index in [1.807, 2.05) is 12.1 Å². The number of benzene rings is 1. The zero-order valence-electron chi connectivity index (χ0n) is 16.5. The summed E-state index contributed by atoms with van der Waals surface area (Å²) in [4.78, 5) is 0. The number of hydrogen-bond donors (Lipinski definition) is 0. The molecule has 2 nitrogen and oxygen atoms in total. The molecule has 0 amide bonds. The number of fused-ring (bicyclic) bond motifs is 1. The van der Waals surface area contributed by atoms with Crippen molar-refractivity contribution in [2.24, 2.45) is 0 Å². The third-order valence-electron chi connectivity index (χ3n) is 5.31. The Morgan fingerprint density at radius 1 is 0.880 bits per heavy atom. The third kappa shape index (κ3) is 6.63. The summed E-state index contributed by atoms with van der Waals surface area (Å²) in [7, 11) is 0. The summed E-state index contributed by atoms with van der Waals surface area (Å²) in [5, 5.41) is 1.18.